The Labute approximate surface area is 151 Å². The van der Waals surface area contributed by atoms with Crippen LogP contribution in [-0.2, 0) is 11.3 Å². The van der Waals surface area contributed by atoms with Gasteiger partial charge in [-0.1, -0.05) is 6.42 Å². The van der Waals surface area contributed by atoms with Crippen LogP contribution in [-0.4, -0.2) is 26.7 Å². The van der Waals surface area contributed by atoms with Crippen molar-refractivity contribution >= 4 is 22.5 Å². The molecule has 1 aromatic carbocycles. The number of benzene rings is 1. The van der Waals surface area contributed by atoms with E-state index in [1.807, 2.05) is 0 Å². The first-order valence-electron chi connectivity index (χ1n) is 9.40. The van der Waals surface area contributed by atoms with Crippen LogP contribution in [0.5, 0.6) is 0 Å². The summed E-state index contributed by atoms with van der Waals surface area (Å²) >= 11 is 0. The first kappa shape index (κ1) is 17.0. The fourth-order valence-corrected chi connectivity index (χ4v) is 4.90. The smallest absolute Gasteiger partial charge is 0.271 e. The van der Waals surface area contributed by atoms with Crippen molar-refractivity contribution in [1.29, 1.82) is 0 Å². The number of carbonyl (C=O) groups is 1. The van der Waals surface area contributed by atoms with Crippen LogP contribution in [0, 0.1) is 27.9 Å². The Kier molecular flexibility index (Phi) is 4.38. The van der Waals surface area contributed by atoms with Crippen LogP contribution >= 0.6 is 0 Å². The Bertz CT molecular complexity index is 846. The molecule has 0 spiro atoms. The summed E-state index contributed by atoms with van der Waals surface area (Å²) in [5.74, 6) is 2.29. The zero-order valence-corrected chi connectivity index (χ0v) is 14.9. The van der Waals surface area contributed by atoms with Gasteiger partial charge in [-0.2, -0.15) is 5.10 Å². The second-order valence-electron chi connectivity index (χ2n) is 7.81. The predicted octanol–water partition coefficient (Wildman–Crippen LogP) is 3.28. The number of carbonyl (C=O) groups excluding carboxylic acids is 1. The van der Waals surface area contributed by atoms with Gasteiger partial charge in [0.1, 0.15) is 0 Å². The highest BCUT2D eigenvalue weighted by Crippen LogP contribution is 2.49. The summed E-state index contributed by atoms with van der Waals surface area (Å²) in [7, 11) is 0. The Morgan fingerprint density at radius 2 is 2.27 bits per heavy atom. The number of amides is 1. The molecule has 7 heteroatoms. The lowest BCUT2D eigenvalue weighted by atomic mass is 9.84. The summed E-state index contributed by atoms with van der Waals surface area (Å²) in [5.41, 5.74) is 0.724. The van der Waals surface area contributed by atoms with Gasteiger partial charge >= 0.3 is 0 Å². The summed E-state index contributed by atoms with van der Waals surface area (Å²) in [6, 6.07) is 4.89. The number of rotatable bonds is 6. The molecule has 1 aromatic heterocycles. The first-order valence-corrected chi connectivity index (χ1v) is 9.40. The number of aryl methyl sites for hydroxylation is 1. The van der Waals surface area contributed by atoms with E-state index in [1.54, 1.807) is 16.9 Å². The molecule has 2 saturated carbocycles. The van der Waals surface area contributed by atoms with Gasteiger partial charge in [0.05, 0.1) is 23.2 Å². The molecule has 0 saturated heterocycles. The molecule has 1 amide bonds. The van der Waals surface area contributed by atoms with E-state index in [0.717, 1.165) is 17.2 Å². The van der Waals surface area contributed by atoms with Gasteiger partial charge in [-0.05, 0) is 50.0 Å². The second-order valence-corrected chi connectivity index (χ2v) is 7.81. The molecule has 4 rings (SSSR count). The molecule has 4 atom stereocenters. The molecule has 0 unspecified atom stereocenters. The third-order valence-electron chi connectivity index (χ3n) is 6.21. The highest BCUT2D eigenvalue weighted by molar-refractivity contribution is 5.81. The van der Waals surface area contributed by atoms with Gasteiger partial charge in [-0.25, -0.2) is 0 Å². The van der Waals surface area contributed by atoms with Gasteiger partial charge in [0, 0.05) is 30.0 Å². The average Bonchev–Trinajstić information content (AvgIpc) is 3.34. The van der Waals surface area contributed by atoms with Crippen molar-refractivity contribution in [3.05, 3.63) is 34.5 Å². The van der Waals surface area contributed by atoms with Crippen LogP contribution in [0.2, 0.25) is 0 Å². The van der Waals surface area contributed by atoms with Crippen molar-refractivity contribution in [3.8, 4) is 0 Å². The summed E-state index contributed by atoms with van der Waals surface area (Å²) in [6.07, 6.45) is 7.26. The van der Waals surface area contributed by atoms with E-state index in [-0.39, 0.29) is 17.6 Å². The van der Waals surface area contributed by atoms with E-state index < -0.39 is 4.92 Å². The van der Waals surface area contributed by atoms with Crippen molar-refractivity contribution in [2.24, 2.45) is 17.8 Å². The molecule has 7 nitrogen and oxygen atoms in total. The minimum Gasteiger partial charge on any atom is -0.353 e. The molecule has 0 aliphatic heterocycles. The number of nitro groups is 1. The second kappa shape index (κ2) is 6.70. The standard InChI is InChI=1S/C19H24N4O3/c1-12(17-9-13-2-3-14(17)8-13)21-19(24)6-7-22-18-10-16(23(25)26)5-4-15(18)11-20-22/h4-5,10-14,17H,2-3,6-9H2,1H3,(H,21,24)/t12-,13+,14+,17+/m1/s1. The number of hydrogen-bond acceptors (Lipinski definition) is 4. The van der Waals surface area contributed by atoms with Crippen molar-refractivity contribution in [3.63, 3.8) is 0 Å². The van der Waals surface area contributed by atoms with Crippen LogP contribution in [0.15, 0.2) is 24.4 Å². The molecular weight excluding hydrogens is 332 g/mol. The lowest BCUT2D eigenvalue weighted by Crippen LogP contribution is -2.40. The number of nitrogens with zero attached hydrogens (tertiary/aromatic N) is 3. The molecule has 1 heterocycles. The quantitative estimate of drug-likeness (QED) is 0.635. The van der Waals surface area contributed by atoms with Gasteiger partial charge in [0.25, 0.3) is 5.69 Å². The van der Waals surface area contributed by atoms with E-state index in [2.05, 4.69) is 17.3 Å². The monoisotopic (exact) mass is 356 g/mol. The Morgan fingerprint density at radius 3 is 2.96 bits per heavy atom. The fraction of sp³-hybridized carbons (Fsp3) is 0.579. The van der Waals surface area contributed by atoms with Crippen LogP contribution in [0.4, 0.5) is 5.69 Å². The molecule has 2 aliphatic carbocycles. The normalized spacial score (nSPS) is 25.5. The molecule has 2 bridgehead atoms. The number of fused-ring (bicyclic) bond motifs is 3. The maximum Gasteiger partial charge on any atom is 0.271 e. The van der Waals surface area contributed by atoms with Crippen LogP contribution < -0.4 is 5.32 Å². The van der Waals surface area contributed by atoms with Crippen molar-refractivity contribution in [2.75, 3.05) is 0 Å². The largest absolute Gasteiger partial charge is 0.353 e. The minimum atomic E-state index is -0.416. The van der Waals surface area contributed by atoms with Crippen LogP contribution in [0.25, 0.3) is 10.9 Å². The maximum absolute atomic E-state index is 12.4. The van der Waals surface area contributed by atoms with Gasteiger partial charge in [0.2, 0.25) is 5.91 Å². The number of non-ortho nitro benzene ring substituents is 1. The van der Waals surface area contributed by atoms with E-state index in [4.69, 9.17) is 0 Å². The van der Waals surface area contributed by atoms with Gasteiger partial charge in [0.15, 0.2) is 0 Å². The van der Waals surface area contributed by atoms with E-state index >= 15 is 0 Å². The first-order chi connectivity index (χ1) is 12.5. The minimum absolute atomic E-state index is 0.0226. The van der Waals surface area contributed by atoms with E-state index in [1.165, 1.54) is 37.8 Å². The third-order valence-corrected chi connectivity index (χ3v) is 6.21. The van der Waals surface area contributed by atoms with Crippen molar-refractivity contribution in [2.45, 2.75) is 51.6 Å². The Hall–Kier alpha value is -2.44. The fourth-order valence-electron chi connectivity index (χ4n) is 4.90. The third kappa shape index (κ3) is 3.18. The molecule has 0 radical (unpaired) electrons. The highest BCUT2D eigenvalue weighted by atomic mass is 16.6. The van der Waals surface area contributed by atoms with Crippen molar-refractivity contribution < 1.29 is 9.72 Å². The lowest BCUT2D eigenvalue weighted by Gasteiger charge is -2.28. The van der Waals surface area contributed by atoms with E-state index in [9.17, 15) is 14.9 Å². The topological polar surface area (TPSA) is 90.1 Å². The number of hydrogen-bond donors (Lipinski definition) is 1. The number of aromatic nitrogens is 2. The Balaban J connectivity index is 1.36. The summed E-state index contributed by atoms with van der Waals surface area (Å²) in [6.45, 7) is 2.54. The summed E-state index contributed by atoms with van der Waals surface area (Å²) in [4.78, 5) is 22.9. The zero-order valence-electron chi connectivity index (χ0n) is 14.9. The molecule has 26 heavy (non-hydrogen) atoms. The SMILES string of the molecule is C[C@@H](NC(=O)CCn1ncc2ccc([N+](=O)[O-])cc21)[C@@H]1C[C@H]2CC[C@H]1C2. The molecule has 1 N–H and O–H groups in total. The molecule has 2 aliphatic rings. The maximum atomic E-state index is 12.4. The lowest BCUT2D eigenvalue weighted by molar-refractivity contribution is -0.384. The molecule has 2 aromatic rings. The predicted molar refractivity (Wildman–Crippen MR) is 97.5 cm³/mol. The molecule has 2 fully saturated rings. The van der Waals surface area contributed by atoms with Crippen LogP contribution in [0.1, 0.15) is 39.0 Å². The Morgan fingerprint density at radius 1 is 1.42 bits per heavy atom. The molecule has 138 valence electrons. The van der Waals surface area contributed by atoms with Crippen molar-refractivity contribution in [1.82, 2.24) is 15.1 Å². The summed E-state index contributed by atoms with van der Waals surface area (Å²) < 4.78 is 1.67. The number of nitrogens with one attached hydrogen (secondary N) is 1. The van der Waals surface area contributed by atoms with Gasteiger partial charge in [-0.3, -0.25) is 19.6 Å². The van der Waals surface area contributed by atoms with Gasteiger partial charge < -0.3 is 5.32 Å². The average molecular weight is 356 g/mol. The number of nitro benzene ring substituents is 1. The highest BCUT2D eigenvalue weighted by Gasteiger charge is 2.42. The zero-order chi connectivity index (χ0) is 18.3. The van der Waals surface area contributed by atoms with Crippen LogP contribution in [0.3, 0.4) is 0 Å². The van der Waals surface area contributed by atoms with E-state index in [0.29, 0.717) is 24.4 Å². The molecular formula is C19H24N4O3. The van der Waals surface area contributed by atoms with Gasteiger partial charge in [-0.15, -0.1) is 0 Å². The summed E-state index contributed by atoms with van der Waals surface area (Å²) in [5, 5.41) is 19.2.